The van der Waals surface area contributed by atoms with Crippen LogP contribution in [-0.2, 0) is 19.4 Å². The van der Waals surface area contributed by atoms with Gasteiger partial charge >= 0.3 is 0 Å². The predicted molar refractivity (Wildman–Crippen MR) is 87.7 cm³/mol. The maximum Gasteiger partial charge on any atom is 0.133 e. The lowest BCUT2D eigenvalue weighted by Crippen LogP contribution is -2.58. The summed E-state index contributed by atoms with van der Waals surface area (Å²) in [5.74, 6) is 1.14. The molecule has 1 aliphatic heterocycles. The second kappa shape index (κ2) is 5.58. The summed E-state index contributed by atoms with van der Waals surface area (Å²) >= 11 is 0. The van der Waals surface area contributed by atoms with E-state index in [-0.39, 0.29) is 5.54 Å². The van der Waals surface area contributed by atoms with Crippen LogP contribution in [0.3, 0.4) is 0 Å². The molecule has 1 fully saturated rings. The van der Waals surface area contributed by atoms with Crippen molar-refractivity contribution in [2.24, 2.45) is 5.73 Å². The quantitative estimate of drug-likeness (QED) is 0.903. The lowest BCUT2D eigenvalue weighted by atomic mass is 9.94. The summed E-state index contributed by atoms with van der Waals surface area (Å²) in [6, 6.07) is 2.32. The highest BCUT2D eigenvalue weighted by molar-refractivity contribution is 5.51. The highest BCUT2D eigenvalue weighted by atomic mass is 15.3. The fourth-order valence-electron chi connectivity index (χ4n) is 3.52. The third-order valence-electron chi connectivity index (χ3n) is 5.19. The molecule has 2 N–H and O–H groups in total. The zero-order valence-electron chi connectivity index (χ0n) is 13.7. The van der Waals surface area contributed by atoms with Crippen LogP contribution in [0, 0.1) is 0 Å². The molecule has 0 saturated carbocycles. The molecule has 0 bridgehead atoms. The number of hydrogen-bond donors (Lipinski definition) is 1. The minimum absolute atomic E-state index is 0.182. The highest BCUT2D eigenvalue weighted by Gasteiger charge is 2.32. The highest BCUT2D eigenvalue weighted by Crippen LogP contribution is 2.29. The first kappa shape index (κ1) is 14.8. The first-order valence-corrected chi connectivity index (χ1v) is 8.19. The van der Waals surface area contributed by atoms with Gasteiger partial charge in [-0.25, -0.2) is 4.98 Å². The van der Waals surface area contributed by atoms with Crippen molar-refractivity contribution in [1.82, 2.24) is 9.88 Å². The molecule has 0 unspecified atom stereocenters. The van der Waals surface area contributed by atoms with Crippen molar-refractivity contribution in [2.75, 3.05) is 31.6 Å². The second-order valence-corrected chi connectivity index (χ2v) is 7.14. The third kappa shape index (κ3) is 2.79. The minimum Gasteiger partial charge on any atom is -0.353 e. The molecular formula is C17H28N4. The van der Waals surface area contributed by atoms with Crippen LogP contribution in [0.25, 0.3) is 0 Å². The van der Waals surface area contributed by atoms with E-state index in [9.17, 15) is 0 Å². The van der Waals surface area contributed by atoms with Gasteiger partial charge in [0.25, 0.3) is 0 Å². The van der Waals surface area contributed by atoms with Crippen molar-refractivity contribution in [3.8, 4) is 0 Å². The van der Waals surface area contributed by atoms with Gasteiger partial charge in [-0.2, -0.15) is 0 Å². The van der Waals surface area contributed by atoms with Gasteiger partial charge in [0.1, 0.15) is 5.82 Å². The Kier molecular flexibility index (Phi) is 3.93. The number of anilines is 1. The Morgan fingerprint density at radius 2 is 2.00 bits per heavy atom. The van der Waals surface area contributed by atoms with Gasteiger partial charge in [-0.15, -0.1) is 0 Å². The van der Waals surface area contributed by atoms with Crippen molar-refractivity contribution in [3.63, 3.8) is 0 Å². The maximum absolute atomic E-state index is 6.01. The molecule has 4 nitrogen and oxygen atoms in total. The van der Waals surface area contributed by atoms with Gasteiger partial charge < -0.3 is 10.6 Å². The Morgan fingerprint density at radius 1 is 1.24 bits per heavy atom. The number of pyridine rings is 1. The molecule has 0 spiro atoms. The number of piperazine rings is 1. The Bertz CT molecular complexity index is 524. The zero-order chi connectivity index (χ0) is 15.0. The Hall–Kier alpha value is -1.13. The van der Waals surface area contributed by atoms with Crippen LogP contribution < -0.4 is 10.6 Å². The Labute approximate surface area is 128 Å². The van der Waals surface area contributed by atoms with Gasteiger partial charge in [-0.1, -0.05) is 0 Å². The molecule has 2 aliphatic rings. The number of aromatic nitrogens is 1. The smallest absolute Gasteiger partial charge is 0.133 e. The van der Waals surface area contributed by atoms with Crippen molar-refractivity contribution in [1.29, 1.82) is 0 Å². The van der Waals surface area contributed by atoms with Gasteiger partial charge in [0.15, 0.2) is 0 Å². The van der Waals surface area contributed by atoms with E-state index >= 15 is 0 Å². The van der Waals surface area contributed by atoms with E-state index in [1.165, 1.54) is 36.1 Å². The van der Waals surface area contributed by atoms with Crippen molar-refractivity contribution < 1.29 is 0 Å². The van der Waals surface area contributed by atoms with Crippen molar-refractivity contribution >= 4 is 5.82 Å². The van der Waals surface area contributed by atoms with Gasteiger partial charge in [0.2, 0.25) is 0 Å². The topological polar surface area (TPSA) is 45.4 Å². The standard InChI is InChI=1S/C17H28N4/c1-17(2)12-21(9-8-20(17)3)16-14(11-18)10-13-6-4-5-7-15(13)19-16/h10H,4-9,11-12,18H2,1-3H3. The molecule has 116 valence electrons. The summed E-state index contributed by atoms with van der Waals surface area (Å²) < 4.78 is 0. The maximum atomic E-state index is 6.01. The average Bonchev–Trinajstić information content (AvgIpc) is 2.48. The molecule has 1 aromatic heterocycles. The van der Waals surface area contributed by atoms with Crippen LogP contribution in [-0.4, -0.2) is 42.1 Å². The summed E-state index contributed by atoms with van der Waals surface area (Å²) in [5.41, 5.74) is 10.1. The number of nitrogens with two attached hydrogens (primary N) is 1. The van der Waals surface area contributed by atoms with Crippen LogP contribution in [0.15, 0.2) is 6.07 Å². The molecule has 21 heavy (non-hydrogen) atoms. The molecule has 4 heteroatoms. The molecule has 0 atom stereocenters. The fraction of sp³-hybridized carbons (Fsp3) is 0.706. The molecule has 0 amide bonds. The van der Waals surface area contributed by atoms with Gasteiger partial charge in [0.05, 0.1) is 0 Å². The van der Waals surface area contributed by atoms with E-state index in [0.717, 1.165) is 31.9 Å². The zero-order valence-corrected chi connectivity index (χ0v) is 13.7. The monoisotopic (exact) mass is 288 g/mol. The molecule has 2 heterocycles. The Balaban J connectivity index is 1.94. The SMILES string of the molecule is CN1CCN(c2nc3c(cc2CN)CCCC3)CC1(C)C. The van der Waals surface area contributed by atoms with E-state index in [1.807, 2.05) is 0 Å². The molecule has 0 radical (unpaired) electrons. The van der Waals surface area contributed by atoms with Gasteiger partial charge in [0, 0.05) is 43.0 Å². The van der Waals surface area contributed by atoms with Crippen LogP contribution in [0.5, 0.6) is 0 Å². The fourth-order valence-corrected chi connectivity index (χ4v) is 3.52. The van der Waals surface area contributed by atoms with E-state index in [2.05, 4.69) is 36.8 Å². The Morgan fingerprint density at radius 3 is 2.71 bits per heavy atom. The number of rotatable bonds is 2. The van der Waals surface area contributed by atoms with E-state index in [4.69, 9.17) is 10.7 Å². The van der Waals surface area contributed by atoms with Crippen molar-refractivity contribution in [2.45, 2.75) is 51.6 Å². The van der Waals surface area contributed by atoms with E-state index < -0.39 is 0 Å². The molecule has 1 saturated heterocycles. The molecule has 0 aromatic carbocycles. The van der Waals surface area contributed by atoms with Crippen LogP contribution in [0.2, 0.25) is 0 Å². The number of nitrogens with zero attached hydrogens (tertiary/aromatic N) is 3. The molecule has 1 aromatic rings. The minimum atomic E-state index is 0.182. The van der Waals surface area contributed by atoms with Crippen LogP contribution in [0.1, 0.15) is 43.5 Å². The lowest BCUT2D eigenvalue weighted by Gasteiger charge is -2.46. The summed E-state index contributed by atoms with van der Waals surface area (Å²) in [6.07, 6.45) is 4.86. The van der Waals surface area contributed by atoms with Gasteiger partial charge in [-0.05, 0) is 58.2 Å². The predicted octanol–water partition coefficient (Wildman–Crippen LogP) is 1.95. The summed E-state index contributed by atoms with van der Waals surface area (Å²) in [6.45, 7) is 8.33. The van der Waals surface area contributed by atoms with E-state index in [1.54, 1.807) is 0 Å². The second-order valence-electron chi connectivity index (χ2n) is 7.14. The number of aryl methyl sites for hydroxylation is 2. The van der Waals surface area contributed by atoms with Gasteiger partial charge in [-0.3, -0.25) is 4.90 Å². The summed E-state index contributed by atoms with van der Waals surface area (Å²) in [5, 5.41) is 0. The molecular weight excluding hydrogens is 260 g/mol. The number of fused-ring (bicyclic) bond motifs is 1. The summed E-state index contributed by atoms with van der Waals surface area (Å²) in [4.78, 5) is 9.90. The third-order valence-corrected chi connectivity index (χ3v) is 5.19. The summed E-state index contributed by atoms with van der Waals surface area (Å²) in [7, 11) is 2.21. The van der Waals surface area contributed by atoms with Crippen molar-refractivity contribution in [3.05, 3.63) is 22.9 Å². The number of likely N-dealkylation sites (N-methyl/N-ethyl adjacent to an activating group) is 1. The number of hydrogen-bond acceptors (Lipinski definition) is 4. The van der Waals surface area contributed by atoms with Crippen LogP contribution in [0.4, 0.5) is 5.82 Å². The first-order chi connectivity index (χ1) is 10.0. The lowest BCUT2D eigenvalue weighted by molar-refractivity contribution is 0.138. The van der Waals surface area contributed by atoms with Crippen LogP contribution >= 0.6 is 0 Å². The average molecular weight is 288 g/mol. The molecule has 1 aliphatic carbocycles. The van der Waals surface area contributed by atoms with E-state index in [0.29, 0.717) is 6.54 Å². The largest absolute Gasteiger partial charge is 0.353 e. The first-order valence-electron chi connectivity index (χ1n) is 8.19. The molecule has 3 rings (SSSR count). The normalized spacial score (nSPS) is 22.2.